The number of rotatable bonds is 0. The summed E-state index contributed by atoms with van der Waals surface area (Å²) >= 11 is 0. The third-order valence-electron chi connectivity index (χ3n) is 0.709. The second-order valence-electron chi connectivity index (χ2n) is 1.47. The maximum absolute atomic E-state index is 3.94. The van der Waals surface area contributed by atoms with E-state index in [1.165, 1.54) is 0 Å². The van der Waals surface area contributed by atoms with Crippen molar-refractivity contribution < 1.29 is 5.12 Å². The standard InChI is InChI=1S/C3H8N4/c1-3-4-6-7(2)5-3/h7H,1-2H3,(H,4,5). The Bertz CT molecular complexity index is 97.1. The Labute approximate surface area is 42.1 Å². The minimum atomic E-state index is 0.803. The summed E-state index contributed by atoms with van der Waals surface area (Å²) in [6.45, 7) is 1.88. The second-order valence-corrected chi connectivity index (χ2v) is 1.47. The van der Waals surface area contributed by atoms with Gasteiger partial charge in [0.2, 0.25) is 0 Å². The van der Waals surface area contributed by atoms with Crippen LogP contribution in [0.25, 0.3) is 5.53 Å². The van der Waals surface area contributed by atoms with Crippen LogP contribution in [0.15, 0.2) is 5.10 Å². The zero-order valence-electron chi connectivity index (χ0n) is 4.39. The van der Waals surface area contributed by atoms with E-state index in [9.17, 15) is 0 Å². The van der Waals surface area contributed by atoms with E-state index in [1.807, 2.05) is 14.0 Å². The van der Waals surface area contributed by atoms with E-state index >= 15 is 0 Å². The number of hydrogen-bond donors (Lipinski definition) is 2. The number of nitrogens with one attached hydrogen (secondary N) is 2. The van der Waals surface area contributed by atoms with E-state index in [0.717, 1.165) is 11.0 Å². The molecule has 2 N–H and O–H groups in total. The van der Waals surface area contributed by atoms with Crippen LogP contribution in [0, 0.1) is 0 Å². The summed E-state index contributed by atoms with van der Waals surface area (Å²) in [5.41, 5.74) is 6.49. The summed E-state index contributed by atoms with van der Waals surface area (Å²) in [7, 11) is 1.85. The number of hydrogen-bond acceptors (Lipinski definition) is 2. The predicted octanol–water partition coefficient (Wildman–Crippen LogP) is -1.36. The monoisotopic (exact) mass is 100 g/mol. The van der Waals surface area contributed by atoms with E-state index in [-0.39, 0.29) is 0 Å². The molecule has 0 amide bonds. The third-order valence-corrected chi connectivity index (χ3v) is 0.709. The van der Waals surface area contributed by atoms with Gasteiger partial charge >= 0.3 is 0 Å². The third kappa shape index (κ3) is 0.880. The van der Waals surface area contributed by atoms with Crippen molar-refractivity contribution in [2.24, 2.45) is 5.10 Å². The Balaban J connectivity index is 2.50. The first kappa shape index (κ1) is 4.55. The Kier molecular flexibility index (Phi) is 0.958. The van der Waals surface area contributed by atoms with Crippen LogP contribution in [0.3, 0.4) is 0 Å². The van der Waals surface area contributed by atoms with Crippen molar-refractivity contribution in [1.82, 2.24) is 5.43 Å². The van der Waals surface area contributed by atoms with Crippen LogP contribution in [0.4, 0.5) is 0 Å². The van der Waals surface area contributed by atoms with Crippen LogP contribution in [-0.2, 0) is 0 Å². The lowest BCUT2D eigenvalue weighted by atomic mass is 10.7. The van der Waals surface area contributed by atoms with Crippen molar-refractivity contribution in [2.45, 2.75) is 6.92 Å². The zero-order chi connectivity index (χ0) is 5.28. The summed E-state index contributed by atoms with van der Waals surface area (Å²) in [4.78, 5) is 0. The fourth-order valence-electron chi connectivity index (χ4n) is 0.455. The average molecular weight is 100 g/mol. The zero-order valence-corrected chi connectivity index (χ0v) is 4.39. The SMILES string of the molecule is CC1=N[NH+](C)[N-]N1. The molecule has 0 aromatic rings. The summed E-state index contributed by atoms with van der Waals surface area (Å²) in [5.74, 6) is 0.873. The highest BCUT2D eigenvalue weighted by Crippen LogP contribution is 1.73. The molecule has 40 valence electrons. The van der Waals surface area contributed by atoms with Gasteiger partial charge in [-0.3, -0.25) is 5.12 Å². The lowest BCUT2D eigenvalue weighted by Crippen LogP contribution is -2.98. The van der Waals surface area contributed by atoms with Gasteiger partial charge in [0.25, 0.3) is 0 Å². The molecule has 0 radical (unpaired) electrons. The Morgan fingerprint density at radius 3 is 2.71 bits per heavy atom. The minimum absolute atomic E-state index is 0.803. The van der Waals surface area contributed by atoms with Gasteiger partial charge in [-0.15, -0.1) is 0 Å². The van der Waals surface area contributed by atoms with E-state index in [4.69, 9.17) is 0 Å². The molecule has 0 bridgehead atoms. The number of amidine groups is 1. The summed E-state index contributed by atoms with van der Waals surface area (Å²) in [6, 6.07) is 0. The molecule has 0 aromatic heterocycles. The number of quaternary nitrogens is 1. The van der Waals surface area contributed by atoms with Crippen LogP contribution in [0.5, 0.6) is 0 Å². The largest absolute Gasteiger partial charge is 0.421 e. The molecule has 4 nitrogen and oxygen atoms in total. The van der Waals surface area contributed by atoms with Crippen molar-refractivity contribution in [3.63, 3.8) is 0 Å². The molecule has 0 aromatic carbocycles. The van der Waals surface area contributed by atoms with Crippen LogP contribution in [0.1, 0.15) is 6.92 Å². The smallest absolute Gasteiger partial charge is 0.141 e. The first-order valence-electron chi connectivity index (χ1n) is 2.14. The molecule has 0 aliphatic carbocycles. The Morgan fingerprint density at radius 1 is 1.86 bits per heavy atom. The molecule has 0 saturated heterocycles. The molecular weight excluding hydrogens is 92.1 g/mol. The van der Waals surface area contributed by atoms with Crippen LogP contribution in [-0.4, -0.2) is 12.9 Å². The van der Waals surface area contributed by atoms with Gasteiger partial charge in [0.15, 0.2) is 0 Å². The fraction of sp³-hybridized carbons (Fsp3) is 0.667. The van der Waals surface area contributed by atoms with E-state index in [0.29, 0.717) is 0 Å². The van der Waals surface area contributed by atoms with Crippen LogP contribution < -0.4 is 10.5 Å². The van der Waals surface area contributed by atoms with Crippen molar-refractivity contribution in [3.8, 4) is 0 Å². The molecule has 0 spiro atoms. The van der Waals surface area contributed by atoms with Gasteiger partial charge in [-0.2, -0.15) is 0 Å². The van der Waals surface area contributed by atoms with E-state index in [2.05, 4.69) is 16.1 Å². The predicted molar refractivity (Wildman–Crippen MR) is 26.5 cm³/mol. The highest BCUT2D eigenvalue weighted by molar-refractivity contribution is 5.80. The molecule has 4 heteroatoms. The molecule has 1 heterocycles. The first-order valence-corrected chi connectivity index (χ1v) is 2.14. The Hall–Kier alpha value is -0.610. The van der Waals surface area contributed by atoms with Crippen molar-refractivity contribution in [3.05, 3.63) is 5.53 Å². The van der Waals surface area contributed by atoms with E-state index in [1.54, 1.807) is 0 Å². The molecule has 1 unspecified atom stereocenters. The van der Waals surface area contributed by atoms with Crippen molar-refractivity contribution in [2.75, 3.05) is 7.05 Å². The van der Waals surface area contributed by atoms with Gasteiger partial charge in [0.05, 0.1) is 7.05 Å². The molecular formula is C3H8N4. The van der Waals surface area contributed by atoms with Gasteiger partial charge in [0, 0.05) is 0 Å². The van der Waals surface area contributed by atoms with Gasteiger partial charge in [0.1, 0.15) is 5.84 Å². The average Bonchev–Trinajstić information content (AvgIpc) is 1.87. The highest BCUT2D eigenvalue weighted by Gasteiger charge is 1.95. The summed E-state index contributed by atoms with van der Waals surface area (Å²) in [6.07, 6.45) is 0. The normalized spacial score (nSPS) is 29.4. The van der Waals surface area contributed by atoms with Crippen molar-refractivity contribution >= 4 is 5.84 Å². The first-order chi connectivity index (χ1) is 3.29. The van der Waals surface area contributed by atoms with Crippen molar-refractivity contribution in [1.29, 1.82) is 0 Å². The second kappa shape index (κ2) is 1.48. The maximum Gasteiger partial charge on any atom is 0.141 e. The summed E-state index contributed by atoms with van der Waals surface area (Å²) < 4.78 is 0. The molecule has 0 fully saturated rings. The van der Waals surface area contributed by atoms with E-state index < -0.39 is 0 Å². The Morgan fingerprint density at radius 2 is 2.57 bits per heavy atom. The van der Waals surface area contributed by atoms with Gasteiger partial charge in [-0.05, 0) is 6.92 Å². The van der Waals surface area contributed by atoms with Gasteiger partial charge < -0.3 is 11.0 Å². The lowest BCUT2D eigenvalue weighted by molar-refractivity contribution is -0.845. The lowest BCUT2D eigenvalue weighted by Gasteiger charge is -2.10. The molecule has 1 aliphatic rings. The fourth-order valence-corrected chi connectivity index (χ4v) is 0.455. The molecule has 0 saturated carbocycles. The number of nitrogens with zero attached hydrogens (tertiary/aromatic N) is 2. The van der Waals surface area contributed by atoms with Crippen LogP contribution >= 0.6 is 0 Å². The minimum Gasteiger partial charge on any atom is -0.421 e. The van der Waals surface area contributed by atoms with Gasteiger partial charge in [-0.1, -0.05) is 5.10 Å². The van der Waals surface area contributed by atoms with Gasteiger partial charge in [-0.25, -0.2) is 0 Å². The summed E-state index contributed by atoms with van der Waals surface area (Å²) in [5, 5.41) is 4.75. The molecule has 1 rings (SSSR count). The maximum atomic E-state index is 3.94. The quantitative estimate of drug-likeness (QED) is 0.388. The topological polar surface area (TPSA) is 42.9 Å². The van der Waals surface area contributed by atoms with Crippen LogP contribution in [0.2, 0.25) is 0 Å². The molecule has 7 heavy (non-hydrogen) atoms. The molecule has 1 atom stereocenters. The molecule has 1 aliphatic heterocycles. The highest BCUT2D eigenvalue weighted by atomic mass is 15.8.